The molecule has 1 amide bonds. The summed E-state index contributed by atoms with van der Waals surface area (Å²) in [5.74, 6) is 0.724. The van der Waals surface area contributed by atoms with Gasteiger partial charge in [0.05, 0.1) is 7.11 Å². The molecule has 0 saturated heterocycles. The van der Waals surface area contributed by atoms with Crippen molar-refractivity contribution in [1.29, 1.82) is 0 Å². The number of nitrogens with two attached hydrogens (primary N) is 1. The summed E-state index contributed by atoms with van der Waals surface area (Å²) in [5.41, 5.74) is 6.84. The highest BCUT2D eigenvalue weighted by atomic mass is 16.5. The maximum absolute atomic E-state index is 11.4. The average molecular weight is 222 g/mol. The molecule has 0 spiro atoms. The van der Waals surface area contributed by atoms with E-state index >= 15 is 0 Å². The average Bonchev–Trinajstić information content (AvgIpc) is 2.29. The molecule has 4 heteroatoms. The van der Waals surface area contributed by atoms with Gasteiger partial charge >= 0.3 is 0 Å². The predicted octanol–water partition coefficient (Wildman–Crippen LogP) is 1.22. The van der Waals surface area contributed by atoms with Gasteiger partial charge in [0.15, 0.2) is 0 Å². The summed E-state index contributed by atoms with van der Waals surface area (Å²) in [5, 5.41) is 2.72. The van der Waals surface area contributed by atoms with E-state index in [1.807, 2.05) is 31.2 Å². The highest BCUT2D eigenvalue weighted by molar-refractivity contribution is 5.76. The first-order valence-electron chi connectivity index (χ1n) is 5.33. The summed E-state index contributed by atoms with van der Waals surface area (Å²) >= 11 is 0. The zero-order valence-electron chi connectivity index (χ0n) is 9.69. The molecule has 88 valence electrons. The minimum absolute atomic E-state index is 0.0298. The second kappa shape index (κ2) is 6.12. The van der Waals surface area contributed by atoms with Crippen LogP contribution in [0.2, 0.25) is 0 Å². The van der Waals surface area contributed by atoms with E-state index in [9.17, 15) is 4.79 Å². The van der Waals surface area contributed by atoms with Gasteiger partial charge in [0.25, 0.3) is 0 Å². The Hall–Kier alpha value is -1.55. The second-order valence-corrected chi connectivity index (χ2v) is 3.54. The number of benzene rings is 1. The van der Waals surface area contributed by atoms with Gasteiger partial charge in [-0.15, -0.1) is 0 Å². The van der Waals surface area contributed by atoms with Gasteiger partial charge in [-0.1, -0.05) is 12.1 Å². The van der Waals surface area contributed by atoms with Gasteiger partial charge in [-0.25, -0.2) is 0 Å². The maximum atomic E-state index is 11.4. The van der Waals surface area contributed by atoms with Crippen LogP contribution in [0.25, 0.3) is 0 Å². The van der Waals surface area contributed by atoms with Crippen LogP contribution in [0.15, 0.2) is 24.3 Å². The SMILES string of the molecule is CCNC(=O)CC(N)c1cccc(OC)c1. The van der Waals surface area contributed by atoms with E-state index in [4.69, 9.17) is 10.5 Å². The molecule has 16 heavy (non-hydrogen) atoms. The summed E-state index contributed by atoms with van der Waals surface area (Å²) in [6.07, 6.45) is 0.293. The highest BCUT2D eigenvalue weighted by Crippen LogP contribution is 2.19. The van der Waals surface area contributed by atoms with E-state index in [0.29, 0.717) is 13.0 Å². The second-order valence-electron chi connectivity index (χ2n) is 3.54. The number of nitrogens with one attached hydrogen (secondary N) is 1. The smallest absolute Gasteiger partial charge is 0.221 e. The van der Waals surface area contributed by atoms with Crippen molar-refractivity contribution in [3.8, 4) is 5.75 Å². The molecule has 0 fully saturated rings. The fourth-order valence-corrected chi connectivity index (χ4v) is 1.46. The van der Waals surface area contributed by atoms with Crippen molar-refractivity contribution in [3.05, 3.63) is 29.8 Å². The molecule has 4 nitrogen and oxygen atoms in total. The van der Waals surface area contributed by atoms with Crippen molar-refractivity contribution in [2.75, 3.05) is 13.7 Å². The topological polar surface area (TPSA) is 64.4 Å². The van der Waals surface area contributed by atoms with Crippen LogP contribution < -0.4 is 15.8 Å². The van der Waals surface area contributed by atoms with Crippen LogP contribution in [-0.2, 0) is 4.79 Å². The van der Waals surface area contributed by atoms with Gasteiger partial charge in [0.1, 0.15) is 5.75 Å². The van der Waals surface area contributed by atoms with Crippen molar-refractivity contribution in [1.82, 2.24) is 5.32 Å². The minimum Gasteiger partial charge on any atom is -0.497 e. The summed E-state index contributed by atoms with van der Waals surface area (Å²) in [6, 6.07) is 7.17. The maximum Gasteiger partial charge on any atom is 0.221 e. The van der Waals surface area contributed by atoms with E-state index in [1.165, 1.54) is 0 Å². The first-order chi connectivity index (χ1) is 7.67. The van der Waals surface area contributed by atoms with E-state index in [2.05, 4.69) is 5.32 Å². The lowest BCUT2D eigenvalue weighted by atomic mass is 10.0. The van der Waals surface area contributed by atoms with Gasteiger partial charge in [0, 0.05) is 19.0 Å². The Morgan fingerprint density at radius 1 is 1.56 bits per heavy atom. The highest BCUT2D eigenvalue weighted by Gasteiger charge is 2.11. The molecule has 1 aromatic carbocycles. The number of ether oxygens (including phenoxy) is 1. The van der Waals surface area contributed by atoms with Gasteiger partial charge in [-0.05, 0) is 24.6 Å². The summed E-state index contributed by atoms with van der Waals surface area (Å²) < 4.78 is 5.10. The Labute approximate surface area is 95.8 Å². The molecular formula is C12H18N2O2. The quantitative estimate of drug-likeness (QED) is 0.787. The fourth-order valence-electron chi connectivity index (χ4n) is 1.46. The third-order valence-electron chi connectivity index (χ3n) is 2.30. The number of carbonyl (C=O) groups excluding carboxylic acids is 1. The molecular weight excluding hydrogens is 204 g/mol. The minimum atomic E-state index is -0.290. The van der Waals surface area contributed by atoms with Gasteiger partial charge in [-0.2, -0.15) is 0 Å². The molecule has 0 aliphatic rings. The number of carbonyl (C=O) groups is 1. The molecule has 0 aromatic heterocycles. The van der Waals surface area contributed by atoms with Gasteiger partial charge < -0.3 is 15.8 Å². The van der Waals surface area contributed by atoms with Gasteiger partial charge in [-0.3, -0.25) is 4.79 Å². The zero-order chi connectivity index (χ0) is 12.0. The number of hydrogen-bond acceptors (Lipinski definition) is 3. The van der Waals surface area contributed by atoms with Crippen LogP contribution in [0.3, 0.4) is 0 Å². The summed E-state index contributed by atoms with van der Waals surface area (Å²) in [4.78, 5) is 11.4. The Balaban J connectivity index is 2.64. The van der Waals surface area contributed by atoms with Crippen molar-refractivity contribution in [2.45, 2.75) is 19.4 Å². The Morgan fingerprint density at radius 2 is 2.31 bits per heavy atom. The third-order valence-corrected chi connectivity index (χ3v) is 2.30. The fraction of sp³-hybridized carbons (Fsp3) is 0.417. The third kappa shape index (κ3) is 3.55. The van der Waals surface area contributed by atoms with Crippen LogP contribution in [0.4, 0.5) is 0 Å². The summed E-state index contributed by atoms with van der Waals surface area (Å²) in [6.45, 7) is 2.51. The Morgan fingerprint density at radius 3 is 2.94 bits per heavy atom. The molecule has 1 rings (SSSR count). The predicted molar refractivity (Wildman–Crippen MR) is 63.2 cm³/mol. The number of hydrogen-bond donors (Lipinski definition) is 2. The molecule has 0 saturated carbocycles. The van der Waals surface area contributed by atoms with Crippen molar-refractivity contribution in [3.63, 3.8) is 0 Å². The molecule has 1 atom stereocenters. The number of methoxy groups -OCH3 is 1. The Kier molecular flexibility index (Phi) is 4.79. The first kappa shape index (κ1) is 12.5. The number of rotatable bonds is 5. The molecule has 0 heterocycles. The lowest BCUT2D eigenvalue weighted by Crippen LogP contribution is -2.27. The molecule has 0 aliphatic heterocycles. The largest absolute Gasteiger partial charge is 0.497 e. The zero-order valence-corrected chi connectivity index (χ0v) is 9.69. The van der Waals surface area contributed by atoms with Crippen LogP contribution in [-0.4, -0.2) is 19.6 Å². The molecule has 1 unspecified atom stereocenters. The lowest BCUT2D eigenvalue weighted by Gasteiger charge is -2.12. The normalized spacial score (nSPS) is 11.9. The molecule has 0 bridgehead atoms. The molecule has 1 aromatic rings. The number of amides is 1. The van der Waals surface area contributed by atoms with Gasteiger partial charge in [0.2, 0.25) is 5.91 Å². The van der Waals surface area contributed by atoms with Crippen LogP contribution >= 0.6 is 0 Å². The first-order valence-corrected chi connectivity index (χ1v) is 5.33. The standard InChI is InChI=1S/C12H18N2O2/c1-3-14-12(15)8-11(13)9-5-4-6-10(7-9)16-2/h4-7,11H,3,8,13H2,1-2H3,(H,14,15). The molecule has 3 N–H and O–H groups in total. The summed E-state index contributed by atoms with van der Waals surface area (Å²) in [7, 11) is 1.61. The van der Waals surface area contributed by atoms with E-state index < -0.39 is 0 Å². The van der Waals surface area contributed by atoms with Crippen molar-refractivity contribution in [2.24, 2.45) is 5.73 Å². The van der Waals surface area contributed by atoms with Crippen LogP contribution in [0, 0.1) is 0 Å². The monoisotopic (exact) mass is 222 g/mol. The van der Waals surface area contributed by atoms with Crippen LogP contribution in [0.1, 0.15) is 24.9 Å². The van der Waals surface area contributed by atoms with Crippen molar-refractivity contribution < 1.29 is 9.53 Å². The lowest BCUT2D eigenvalue weighted by molar-refractivity contribution is -0.121. The van der Waals surface area contributed by atoms with E-state index in [0.717, 1.165) is 11.3 Å². The van der Waals surface area contributed by atoms with E-state index in [1.54, 1.807) is 7.11 Å². The van der Waals surface area contributed by atoms with Crippen molar-refractivity contribution >= 4 is 5.91 Å². The van der Waals surface area contributed by atoms with Crippen LogP contribution in [0.5, 0.6) is 5.75 Å². The molecule has 0 aliphatic carbocycles. The Bertz CT molecular complexity index is 353. The van der Waals surface area contributed by atoms with E-state index in [-0.39, 0.29) is 11.9 Å². The molecule has 0 radical (unpaired) electrons.